The summed E-state index contributed by atoms with van der Waals surface area (Å²) >= 11 is 0. The molecule has 0 spiro atoms. The van der Waals surface area contributed by atoms with Crippen molar-refractivity contribution in [2.24, 2.45) is 0 Å². The van der Waals surface area contributed by atoms with Crippen LogP contribution in [-0.2, 0) is 6.54 Å². The Morgan fingerprint density at radius 2 is 1.95 bits per heavy atom. The number of hydrogen-bond acceptors (Lipinski definition) is 1. The first kappa shape index (κ1) is 14.6. The molecule has 0 fully saturated rings. The average molecular weight is 273 g/mol. The molecule has 1 aromatic heterocycles. The highest BCUT2D eigenvalue weighted by atomic mass is 16.4. The third-order valence-electron chi connectivity index (χ3n) is 3.93. The quantitative estimate of drug-likeness (QED) is 0.891. The fourth-order valence-corrected chi connectivity index (χ4v) is 3.21. The molecular weight excluding hydrogens is 250 g/mol. The fraction of sp³-hybridized carbons (Fsp3) is 0.471. The molecule has 0 saturated heterocycles. The standard InChI is InChI=1S/C17H23NO2/c1-6-7-18-12(5)15(10(2)3)14-9-13(17(19)20)8-11(4)16(14)18/h8-10H,6-7H2,1-5H3,(H,19,20). The summed E-state index contributed by atoms with van der Waals surface area (Å²) in [7, 11) is 0. The molecule has 0 amide bonds. The average Bonchev–Trinajstić information content (AvgIpc) is 2.63. The van der Waals surface area contributed by atoms with Crippen LogP contribution in [0.4, 0.5) is 0 Å². The van der Waals surface area contributed by atoms with Crippen LogP contribution in [-0.4, -0.2) is 15.6 Å². The van der Waals surface area contributed by atoms with Crippen LogP contribution in [0.5, 0.6) is 0 Å². The molecule has 0 aliphatic carbocycles. The lowest BCUT2D eigenvalue weighted by Crippen LogP contribution is -2.02. The number of rotatable bonds is 4. The van der Waals surface area contributed by atoms with Crippen molar-refractivity contribution in [3.05, 3.63) is 34.5 Å². The van der Waals surface area contributed by atoms with E-state index in [4.69, 9.17) is 0 Å². The minimum atomic E-state index is -0.856. The summed E-state index contributed by atoms with van der Waals surface area (Å²) in [5, 5.41) is 10.4. The van der Waals surface area contributed by atoms with E-state index in [-0.39, 0.29) is 0 Å². The molecule has 1 heterocycles. The molecule has 0 unspecified atom stereocenters. The van der Waals surface area contributed by atoms with Crippen LogP contribution in [0, 0.1) is 13.8 Å². The topological polar surface area (TPSA) is 42.2 Å². The van der Waals surface area contributed by atoms with Gasteiger partial charge in [0.05, 0.1) is 11.1 Å². The zero-order valence-electron chi connectivity index (χ0n) is 12.9. The number of aromatic carboxylic acids is 1. The van der Waals surface area contributed by atoms with Crippen LogP contribution in [0.1, 0.15) is 60.3 Å². The van der Waals surface area contributed by atoms with Crippen LogP contribution < -0.4 is 0 Å². The third-order valence-corrected chi connectivity index (χ3v) is 3.93. The van der Waals surface area contributed by atoms with Crippen molar-refractivity contribution in [2.75, 3.05) is 0 Å². The van der Waals surface area contributed by atoms with Crippen molar-refractivity contribution in [2.45, 2.75) is 53.5 Å². The predicted octanol–water partition coefficient (Wildman–Crippen LogP) is 4.49. The maximum Gasteiger partial charge on any atom is 0.335 e. The molecule has 3 nitrogen and oxygen atoms in total. The minimum Gasteiger partial charge on any atom is -0.478 e. The molecule has 0 radical (unpaired) electrons. The molecule has 2 aromatic rings. The Labute approximate surface area is 120 Å². The second kappa shape index (κ2) is 5.31. The van der Waals surface area contributed by atoms with Gasteiger partial charge in [0.15, 0.2) is 0 Å². The van der Waals surface area contributed by atoms with Gasteiger partial charge in [0.1, 0.15) is 0 Å². The zero-order chi connectivity index (χ0) is 15.0. The Morgan fingerprint density at radius 3 is 2.45 bits per heavy atom. The largest absolute Gasteiger partial charge is 0.478 e. The SMILES string of the molecule is CCCn1c(C)c(C(C)C)c2cc(C(=O)O)cc(C)c21. The van der Waals surface area contributed by atoms with Crippen molar-refractivity contribution in [3.8, 4) is 0 Å². The van der Waals surface area contributed by atoms with Gasteiger partial charge in [0, 0.05) is 17.6 Å². The highest BCUT2D eigenvalue weighted by Gasteiger charge is 2.19. The lowest BCUT2D eigenvalue weighted by atomic mass is 9.97. The molecular formula is C17H23NO2. The van der Waals surface area contributed by atoms with Gasteiger partial charge in [-0.2, -0.15) is 0 Å². The number of hydrogen-bond donors (Lipinski definition) is 1. The number of benzene rings is 1. The van der Waals surface area contributed by atoms with E-state index in [0.717, 1.165) is 23.9 Å². The number of aromatic nitrogens is 1. The van der Waals surface area contributed by atoms with Crippen LogP contribution in [0.3, 0.4) is 0 Å². The van der Waals surface area contributed by atoms with Crippen molar-refractivity contribution in [3.63, 3.8) is 0 Å². The number of nitrogens with zero attached hydrogens (tertiary/aromatic N) is 1. The lowest BCUT2D eigenvalue weighted by Gasteiger charge is -2.09. The molecule has 2 rings (SSSR count). The highest BCUT2D eigenvalue weighted by molar-refractivity contribution is 5.97. The Bertz CT molecular complexity index is 665. The number of aryl methyl sites for hydroxylation is 2. The lowest BCUT2D eigenvalue weighted by molar-refractivity contribution is 0.0697. The van der Waals surface area contributed by atoms with E-state index < -0.39 is 5.97 Å². The second-order valence-corrected chi connectivity index (χ2v) is 5.80. The first-order valence-corrected chi connectivity index (χ1v) is 7.25. The molecule has 20 heavy (non-hydrogen) atoms. The first-order valence-electron chi connectivity index (χ1n) is 7.25. The highest BCUT2D eigenvalue weighted by Crippen LogP contribution is 2.34. The van der Waals surface area contributed by atoms with Gasteiger partial charge < -0.3 is 9.67 Å². The van der Waals surface area contributed by atoms with Gasteiger partial charge in [-0.05, 0) is 49.4 Å². The van der Waals surface area contributed by atoms with Gasteiger partial charge in [0.25, 0.3) is 0 Å². The number of carboxylic acids is 1. The number of carboxylic acid groups (broad SMARTS) is 1. The van der Waals surface area contributed by atoms with E-state index in [0.29, 0.717) is 11.5 Å². The summed E-state index contributed by atoms with van der Waals surface area (Å²) < 4.78 is 2.34. The molecule has 0 atom stereocenters. The first-order chi connectivity index (χ1) is 9.38. The predicted molar refractivity (Wildman–Crippen MR) is 82.8 cm³/mol. The molecule has 0 aliphatic heterocycles. The maximum atomic E-state index is 11.3. The summed E-state index contributed by atoms with van der Waals surface area (Å²) in [5.41, 5.74) is 5.16. The van der Waals surface area contributed by atoms with E-state index in [1.54, 1.807) is 6.07 Å². The van der Waals surface area contributed by atoms with Crippen LogP contribution in [0.2, 0.25) is 0 Å². The van der Waals surface area contributed by atoms with E-state index in [1.807, 2.05) is 13.0 Å². The van der Waals surface area contributed by atoms with Crippen LogP contribution in [0.15, 0.2) is 12.1 Å². The van der Waals surface area contributed by atoms with Crippen molar-refractivity contribution >= 4 is 16.9 Å². The summed E-state index contributed by atoms with van der Waals surface area (Å²) in [4.78, 5) is 11.3. The summed E-state index contributed by atoms with van der Waals surface area (Å²) in [6, 6.07) is 3.61. The van der Waals surface area contributed by atoms with E-state index in [1.165, 1.54) is 16.8 Å². The Kier molecular flexibility index (Phi) is 3.89. The molecule has 1 N–H and O–H groups in total. The van der Waals surface area contributed by atoms with Crippen LogP contribution >= 0.6 is 0 Å². The van der Waals surface area contributed by atoms with Crippen molar-refractivity contribution in [1.82, 2.24) is 4.57 Å². The van der Waals surface area contributed by atoms with Gasteiger partial charge in [0.2, 0.25) is 0 Å². The van der Waals surface area contributed by atoms with E-state index in [9.17, 15) is 9.90 Å². The van der Waals surface area contributed by atoms with Gasteiger partial charge in [-0.3, -0.25) is 0 Å². The molecule has 0 aliphatic rings. The van der Waals surface area contributed by atoms with E-state index >= 15 is 0 Å². The van der Waals surface area contributed by atoms with Crippen LogP contribution in [0.25, 0.3) is 10.9 Å². The number of carbonyl (C=O) groups is 1. The van der Waals surface area contributed by atoms with Gasteiger partial charge in [-0.15, -0.1) is 0 Å². The van der Waals surface area contributed by atoms with Gasteiger partial charge in [-0.1, -0.05) is 20.8 Å². The third kappa shape index (κ3) is 2.21. The fourth-order valence-electron chi connectivity index (χ4n) is 3.21. The zero-order valence-corrected chi connectivity index (χ0v) is 12.9. The summed E-state index contributed by atoms with van der Waals surface area (Å²) in [6.45, 7) is 11.6. The molecule has 1 aromatic carbocycles. The Hall–Kier alpha value is -1.77. The maximum absolute atomic E-state index is 11.3. The van der Waals surface area contributed by atoms with Gasteiger partial charge in [-0.25, -0.2) is 4.79 Å². The van der Waals surface area contributed by atoms with E-state index in [2.05, 4.69) is 32.3 Å². The second-order valence-electron chi connectivity index (χ2n) is 5.80. The molecule has 3 heteroatoms. The summed E-state index contributed by atoms with van der Waals surface area (Å²) in [5.74, 6) is -0.468. The molecule has 0 saturated carbocycles. The minimum absolute atomic E-state index is 0.380. The van der Waals surface area contributed by atoms with Crippen molar-refractivity contribution < 1.29 is 9.90 Å². The van der Waals surface area contributed by atoms with Crippen molar-refractivity contribution in [1.29, 1.82) is 0 Å². The Balaban J connectivity index is 2.89. The smallest absolute Gasteiger partial charge is 0.335 e. The monoisotopic (exact) mass is 273 g/mol. The Morgan fingerprint density at radius 1 is 1.30 bits per heavy atom. The van der Waals surface area contributed by atoms with Gasteiger partial charge >= 0.3 is 5.97 Å². The molecule has 108 valence electrons. The number of fused-ring (bicyclic) bond motifs is 1. The summed E-state index contributed by atoms with van der Waals surface area (Å²) in [6.07, 6.45) is 1.07. The molecule has 0 bridgehead atoms. The normalized spacial score (nSPS) is 11.5.